The third kappa shape index (κ3) is 5.46. The van der Waals surface area contributed by atoms with E-state index in [2.05, 4.69) is 4.72 Å². The predicted octanol–water partition coefficient (Wildman–Crippen LogP) is 3.06. The number of alkyl halides is 3. The third-order valence-corrected chi connectivity index (χ3v) is 4.25. The lowest BCUT2D eigenvalue weighted by molar-refractivity contribution is -0.139. The van der Waals surface area contributed by atoms with Crippen molar-refractivity contribution in [2.75, 3.05) is 19.8 Å². The minimum Gasteiger partial charge on any atom is -0.382 e. The van der Waals surface area contributed by atoms with Gasteiger partial charge in [-0.05, 0) is 31.5 Å². The maximum Gasteiger partial charge on any atom is 0.417 e. The Labute approximate surface area is 126 Å². The molecule has 9 heteroatoms. The van der Waals surface area contributed by atoms with Crippen LogP contribution in [-0.2, 0) is 20.9 Å². The zero-order chi connectivity index (χ0) is 16.1. The largest absolute Gasteiger partial charge is 0.417 e. The molecule has 0 aliphatic heterocycles. The lowest BCUT2D eigenvalue weighted by Crippen LogP contribution is -2.28. The van der Waals surface area contributed by atoms with Gasteiger partial charge < -0.3 is 4.74 Å². The molecule has 0 heterocycles. The molecule has 0 amide bonds. The van der Waals surface area contributed by atoms with Gasteiger partial charge in [-0.15, -0.1) is 0 Å². The van der Waals surface area contributed by atoms with Gasteiger partial charge in [0.1, 0.15) is 0 Å². The van der Waals surface area contributed by atoms with E-state index in [1.54, 1.807) is 6.92 Å². The molecule has 0 saturated heterocycles. The van der Waals surface area contributed by atoms with Crippen molar-refractivity contribution in [3.8, 4) is 0 Å². The minimum absolute atomic E-state index is 0.0116. The van der Waals surface area contributed by atoms with Crippen LogP contribution in [0.25, 0.3) is 0 Å². The van der Waals surface area contributed by atoms with E-state index < -0.39 is 26.7 Å². The van der Waals surface area contributed by atoms with E-state index in [0.717, 1.165) is 12.1 Å². The van der Waals surface area contributed by atoms with Gasteiger partial charge in [-0.1, -0.05) is 11.6 Å². The second-order valence-corrected chi connectivity index (χ2v) is 6.26. The second kappa shape index (κ2) is 7.44. The van der Waals surface area contributed by atoms with Crippen LogP contribution >= 0.6 is 11.6 Å². The molecule has 1 aromatic carbocycles. The number of halogens is 4. The smallest absolute Gasteiger partial charge is 0.382 e. The highest BCUT2D eigenvalue weighted by Gasteiger charge is 2.37. The van der Waals surface area contributed by atoms with E-state index in [1.807, 2.05) is 0 Å². The van der Waals surface area contributed by atoms with Crippen molar-refractivity contribution in [1.29, 1.82) is 0 Å². The third-order valence-electron chi connectivity index (χ3n) is 2.50. The van der Waals surface area contributed by atoms with Crippen LogP contribution in [0.2, 0.25) is 5.02 Å². The first kappa shape index (κ1) is 18.2. The van der Waals surface area contributed by atoms with E-state index in [9.17, 15) is 21.6 Å². The Morgan fingerprint density at radius 1 is 1.33 bits per heavy atom. The van der Waals surface area contributed by atoms with E-state index in [-0.39, 0.29) is 11.6 Å². The zero-order valence-corrected chi connectivity index (χ0v) is 12.8. The summed E-state index contributed by atoms with van der Waals surface area (Å²) >= 11 is 5.50. The first-order chi connectivity index (χ1) is 9.68. The quantitative estimate of drug-likeness (QED) is 0.773. The number of nitrogens with one attached hydrogen (secondary N) is 1. The summed E-state index contributed by atoms with van der Waals surface area (Å²) in [6.07, 6.45) is -4.44. The fourth-order valence-electron chi connectivity index (χ4n) is 1.56. The molecule has 1 N–H and O–H groups in total. The molecule has 0 aliphatic carbocycles. The standard InChI is InChI=1S/C12H15ClF3NO3S/c1-2-20-7-3-6-17-21(18,19)11-5-4-9(13)8-10(11)12(14,15)16/h4-5,8,17H,2-3,6-7H2,1H3. The maximum atomic E-state index is 12.9. The zero-order valence-electron chi connectivity index (χ0n) is 11.2. The molecule has 0 radical (unpaired) electrons. The fraction of sp³-hybridized carbons (Fsp3) is 0.500. The molecule has 120 valence electrons. The second-order valence-electron chi connectivity index (χ2n) is 4.09. The number of sulfonamides is 1. The molecular formula is C12H15ClF3NO3S. The Hall–Kier alpha value is -0.830. The highest BCUT2D eigenvalue weighted by atomic mass is 35.5. The Kier molecular flexibility index (Phi) is 6.45. The van der Waals surface area contributed by atoms with Crippen LogP contribution in [0.15, 0.2) is 23.1 Å². The van der Waals surface area contributed by atoms with Gasteiger partial charge in [0.05, 0.1) is 10.5 Å². The van der Waals surface area contributed by atoms with Crippen LogP contribution in [0.4, 0.5) is 13.2 Å². The van der Waals surface area contributed by atoms with Crippen molar-refractivity contribution in [3.63, 3.8) is 0 Å². The molecule has 1 rings (SSSR count). The van der Waals surface area contributed by atoms with Gasteiger partial charge in [-0.25, -0.2) is 13.1 Å². The van der Waals surface area contributed by atoms with E-state index in [1.165, 1.54) is 0 Å². The molecule has 0 atom stereocenters. The molecule has 21 heavy (non-hydrogen) atoms. The van der Waals surface area contributed by atoms with Crippen LogP contribution in [0, 0.1) is 0 Å². The first-order valence-electron chi connectivity index (χ1n) is 6.12. The number of rotatable bonds is 7. The van der Waals surface area contributed by atoms with Gasteiger partial charge in [0.2, 0.25) is 10.0 Å². The highest BCUT2D eigenvalue weighted by Crippen LogP contribution is 2.35. The van der Waals surface area contributed by atoms with Crippen molar-refractivity contribution in [3.05, 3.63) is 28.8 Å². The molecule has 0 bridgehead atoms. The predicted molar refractivity (Wildman–Crippen MR) is 72.8 cm³/mol. The Balaban J connectivity index is 2.93. The number of hydrogen-bond donors (Lipinski definition) is 1. The maximum absolute atomic E-state index is 12.9. The molecule has 0 fully saturated rings. The van der Waals surface area contributed by atoms with E-state index in [0.29, 0.717) is 25.7 Å². The van der Waals surface area contributed by atoms with E-state index >= 15 is 0 Å². The summed E-state index contributed by atoms with van der Waals surface area (Å²) in [4.78, 5) is -0.837. The lowest BCUT2D eigenvalue weighted by Gasteiger charge is -2.14. The van der Waals surface area contributed by atoms with Gasteiger partial charge in [0.25, 0.3) is 0 Å². The first-order valence-corrected chi connectivity index (χ1v) is 7.98. The Bertz CT molecular complexity index is 576. The average Bonchev–Trinajstić information content (AvgIpc) is 2.37. The van der Waals surface area contributed by atoms with Crippen molar-refractivity contribution < 1.29 is 26.3 Å². The summed E-state index contributed by atoms with van der Waals surface area (Å²) in [5.41, 5.74) is -1.28. The van der Waals surface area contributed by atoms with E-state index in [4.69, 9.17) is 16.3 Å². The van der Waals surface area contributed by atoms with Crippen molar-refractivity contribution in [1.82, 2.24) is 4.72 Å². The summed E-state index contributed by atoms with van der Waals surface area (Å²) in [6.45, 7) is 2.59. The SMILES string of the molecule is CCOCCCNS(=O)(=O)c1ccc(Cl)cc1C(F)(F)F. The summed E-state index contributed by atoms with van der Waals surface area (Å²) in [5, 5.41) is -0.183. The van der Waals surface area contributed by atoms with Crippen molar-refractivity contribution in [2.45, 2.75) is 24.4 Å². The summed E-state index contributed by atoms with van der Waals surface area (Å²) in [6, 6.07) is 2.54. The topological polar surface area (TPSA) is 55.4 Å². The van der Waals surface area contributed by atoms with Crippen molar-refractivity contribution in [2.24, 2.45) is 0 Å². The summed E-state index contributed by atoms with van der Waals surface area (Å²) < 4.78 is 69.7. The summed E-state index contributed by atoms with van der Waals surface area (Å²) in [7, 11) is -4.26. The highest BCUT2D eigenvalue weighted by molar-refractivity contribution is 7.89. The molecule has 4 nitrogen and oxygen atoms in total. The Morgan fingerprint density at radius 3 is 2.57 bits per heavy atom. The number of ether oxygens (including phenoxy) is 1. The monoisotopic (exact) mass is 345 g/mol. The van der Waals surface area contributed by atoms with Gasteiger partial charge >= 0.3 is 6.18 Å². The van der Waals surface area contributed by atoms with Gasteiger partial charge in [-0.2, -0.15) is 13.2 Å². The summed E-state index contributed by atoms with van der Waals surface area (Å²) in [5.74, 6) is 0. The molecule has 0 spiro atoms. The fourth-order valence-corrected chi connectivity index (χ4v) is 3.01. The molecule has 0 aliphatic rings. The van der Waals surface area contributed by atoms with Crippen LogP contribution in [0.1, 0.15) is 18.9 Å². The van der Waals surface area contributed by atoms with Crippen LogP contribution in [-0.4, -0.2) is 28.2 Å². The van der Waals surface area contributed by atoms with Crippen LogP contribution in [0.3, 0.4) is 0 Å². The number of hydrogen-bond acceptors (Lipinski definition) is 3. The van der Waals surface area contributed by atoms with Gasteiger partial charge in [0, 0.05) is 24.8 Å². The van der Waals surface area contributed by atoms with Gasteiger partial charge in [0.15, 0.2) is 0 Å². The molecule has 0 unspecified atom stereocenters. The molecule has 0 saturated carbocycles. The lowest BCUT2D eigenvalue weighted by atomic mass is 10.2. The molecule has 0 aromatic heterocycles. The van der Waals surface area contributed by atoms with Crippen molar-refractivity contribution >= 4 is 21.6 Å². The molecule has 1 aromatic rings. The molecular weight excluding hydrogens is 331 g/mol. The average molecular weight is 346 g/mol. The van der Waals surface area contributed by atoms with Crippen LogP contribution in [0.5, 0.6) is 0 Å². The number of benzene rings is 1. The normalized spacial score (nSPS) is 12.6. The van der Waals surface area contributed by atoms with Crippen LogP contribution < -0.4 is 4.72 Å². The van der Waals surface area contributed by atoms with Gasteiger partial charge in [-0.3, -0.25) is 0 Å². The Morgan fingerprint density at radius 2 is 2.00 bits per heavy atom. The minimum atomic E-state index is -4.81.